The molecule has 0 fully saturated rings. The molecule has 0 aliphatic carbocycles. The third kappa shape index (κ3) is 4.33. The summed E-state index contributed by atoms with van der Waals surface area (Å²) in [5.41, 5.74) is 0.615. The van der Waals surface area contributed by atoms with Crippen LogP contribution >= 0.6 is 0 Å². The molecule has 0 N–H and O–H groups in total. The fourth-order valence-corrected chi connectivity index (χ4v) is 3.39. The van der Waals surface area contributed by atoms with Gasteiger partial charge in [-0.15, -0.1) is 0 Å². The van der Waals surface area contributed by atoms with Crippen molar-refractivity contribution in [1.82, 2.24) is 4.31 Å². The van der Waals surface area contributed by atoms with Crippen molar-refractivity contribution in [2.24, 2.45) is 0 Å². The molecule has 7 nitrogen and oxygen atoms in total. The smallest absolute Gasteiger partial charge is 0.243 e. The van der Waals surface area contributed by atoms with Crippen LogP contribution in [0.1, 0.15) is 0 Å². The highest BCUT2D eigenvalue weighted by atomic mass is 32.2. The van der Waals surface area contributed by atoms with E-state index in [9.17, 15) is 13.2 Å². The molecule has 0 aliphatic rings. The lowest BCUT2D eigenvalue weighted by Gasteiger charge is -2.22. The Morgan fingerprint density at radius 3 is 2.15 bits per heavy atom. The van der Waals surface area contributed by atoms with E-state index in [-0.39, 0.29) is 17.3 Å². The first-order valence-corrected chi connectivity index (χ1v) is 9.24. The van der Waals surface area contributed by atoms with Crippen molar-refractivity contribution < 1.29 is 22.7 Å². The van der Waals surface area contributed by atoms with Gasteiger partial charge < -0.3 is 14.4 Å². The summed E-state index contributed by atoms with van der Waals surface area (Å²) in [4.78, 5) is 14.0. The van der Waals surface area contributed by atoms with Crippen LogP contribution in [0.25, 0.3) is 0 Å². The molecule has 0 unspecified atom stereocenters. The Bertz CT molecular complexity index is 865. The van der Waals surface area contributed by atoms with Crippen molar-refractivity contribution in [1.29, 1.82) is 0 Å². The number of rotatable bonds is 7. The number of ether oxygens (including phenoxy) is 2. The lowest BCUT2D eigenvalue weighted by Crippen LogP contribution is -2.39. The Morgan fingerprint density at radius 1 is 0.962 bits per heavy atom. The number of amides is 1. The Hall–Kier alpha value is -2.58. The second kappa shape index (κ2) is 8.20. The minimum Gasteiger partial charge on any atom is -0.497 e. The Labute approximate surface area is 153 Å². The summed E-state index contributed by atoms with van der Waals surface area (Å²) in [6.45, 7) is -0.290. The van der Waals surface area contributed by atoms with Gasteiger partial charge in [0, 0.05) is 25.8 Å². The van der Waals surface area contributed by atoms with Crippen LogP contribution in [-0.2, 0) is 14.8 Å². The van der Waals surface area contributed by atoms with Gasteiger partial charge in [0.25, 0.3) is 0 Å². The average molecular weight is 378 g/mol. The molecule has 0 saturated heterocycles. The van der Waals surface area contributed by atoms with Crippen molar-refractivity contribution in [2.75, 3.05) is 39.8 Å². The Kier molecular flexibility index (Phi) is 6.23. The van der Waals surface area contributed by atoms with Crippen molar-refractivity contribution in [3.8, 4) is 11.5 Å². The molecular weight excluding hydrogens is 356 g/mol. The maximum absolute atomic E-state index is 12.6. The second-order valence-electron chi connectivity index (χ2n) is 5.59. The van der Waals surface area contributed by atoms with E-state index in [2.05, 4.69) is 0 Å². The molecule has 2 aromatic rings. The predicted molar refractivity (Wildman–Crippen MR) is 99.2 cm³/mol. The minimum absolute atomic E-state index is 0.0950. The number of hydrogen-bond acceptors (Lipinski definition) is 5. The van der Waals surface area contributed by atoms with Crippen LogP contribution in [0.4, 0.5) is 5.69 Å². The predicted octanol–water partition coefficient (Wildman–Crippen LogP) is 1.99. The van der Waals surface area contributed by atoms with Gasteiger partial charge in [-0.2, -0.15) is 4.31 Å². The lowest BCUT2D eigenvalue weighted by molar-refractivity contribution is -0.118. The molecule has 0 heterocycles. The first-order valence-electron chi connectivity index (χ1n) is 7.80. The third-order valence-electron chi connectivity index (χ3n) is 3.94. The van der Waals surface area contributed by atoms with Crippen LogP contribution in [0.15, 0.2) is 53.4 Å². The SMILES string of the molecule is COc1ccc(S(=O)(=O)N(C)CC(=O)N(C)c2cccc(OC)c2)cc1. The maximum Gasteiger partial charge on any atom is 0.243 e. The number of methoxy groups -OCH3 is 2. The maximum atomic E-state index is 12.6. The van der Waals surface area contributed by atoms with E-state index in [4.69, 9.17) is 9.47 Å². The summed E-state index contributed by atoms with van der Waals surface area (Å²) in [6.07, 6.45) is 0. The number of anilines is 1. The monoisotopic (exact) mass is 378 g/mol. The molecule has 0 aliphatic heterocycles. The Morgan fingerprint density at radius 2 is 1.58 bits per heavy atom. The van der Waals surface area contributed by atoms with Gasteiger partial charge in [0.1, 0.15) is 11.5 Å². The third-order valence-corrected chi connectivity index (χ3v) is 5.76. The normalized spacial score (nSPS) is 11.3. The van der Waals surface area contributed by atoms with E-state index in [1.54, 1.807) is 43.4 Å². The number of hydrogen-bond donors (Lipinski definition) is 0. The highest BCUT2D eigenvalue weighted by Gasteiger charge is 2.24. The summed E-state index contributed by atoms with van der Waals surface area (Å²) in [5.74, 6) is 0.805. The van der Waals surface area contributed by atoms with E-state index in [0.717, 1.165) is 4.31 Å². The van der Waals surface area contributed by atoms with Gasteiger partial charge in [-0.25, -0.2) is 8.42 Å². The molecule has 1 amide bonds. The molecule has 0 spiro atoms. The second-order valence-corrected chi connectivity index (χ2v) is 7.64. The van der Waals surface area contributed by atoms with Crippen LogP contribution in [0.3, 0.4) is 0 Å². The topological polar surface area (TPSA) is 76.2 Å². The first kappa shape index (κ1) is 19.7. The zero-order valence-corrected chi connectivity index (χ0v) is 16.0. The fraction of sp³-hybridized carbons (Fsp3) is 0.278. The quantitative estimate of drug-likeness (QED) is 0.736. The largest absolute Gasteiger partial charge is 0.497 e. The van der Waals surface area contributed by atoms with Gasteiger partial charge >= 0.3 is 0 Å². The van der Waals surface area contributed by atoms with Crippen molar-refractivity contribution >= 4 is 21.6 Å². The molecule has 140 valence electrons. The molecule has 2 aromatic carbocycles. The molecule has 0 atom stereocenters. The van der Waals surface area contributed by atoms with Gasteiger partial charge in [-0.1, -0.05) is 6.07 Å². The zero-order chi connectivity index (χ0) is 19.3. The number of sulfonamides is 1. The van der Waals surface area contributed by atoms with Crippen LogP contribution in [-0.4, -0.2) is 53.5 Å². The van der Waals surface area contributed by atoms with Crippen LogP contribution in [0.5, 0.6) is 11.5 Å². The molecule has 0 radical (unpaired) electrons. The van der Waals surface area contributed by atoms with E-state index in [1.165, 1.54) is 38.3 Å². The summed E-state index contributed by atoms with van der Waals surface area (Å²) in [7, 11) is 2.22. The van der Waals surface area contributed by atoms with Gasteiger partial charge in [-0.05, 0) is 36.4 Å². The van der Waals surface area contributed by atoms with Gasteiger partial charge in [-0.3, -0.25) is 4.79 Å². The standard InChI is InChI=1S/C18H22N2O5S/c1-19(26(22,23)17-10-8-15(24-3)9-11-17)13-18(21)20(2)14-6-5-7-16(12-14)25-4/h5-12H,13H2,1-4H3. The number of nitrogens with zero attached hydrogens (tertiary/aromatic N) is 2. The molecular formula is C18H22N2O5S. The summed E-state index contributed by atoms with van der Waals surface area (Å²) < 4.78 is 36.4. The van der Waals surface area contributed by atoms with Crippen molar-refractivity contribution in [3.05, 3.63) is 48.5 Å². The number of likely N-dealkylation sites (N-methyl/N-ethyl adjacent to an activating group) is 2. The van der Waals surface area contributed by atoms with Gasteiger partial charge in [0.05, 0.1) is 25.7 Å². The molecule has 0 saturated carbocycles. The number of benzene rings is 2. The summed E-state index contributed by atoms with van der Waals surface area (Å²) >= 11 is 0. The van der Waals surface area contributed by atoms with Crippen LogP contribution in [0.2, 0.25) is 0 Å². The first-order chi connectivity index (χ1) is 12.3. The Balaban J connectivity index is 2.13. The minimum atomic E-state index is -3.78. The molecule has 8 heteroatoms. The lowest BCUT2D eigenvalue weighted by atomic mass is 10.2. The molecule has 0 bridgehead atoms. The van der Waals surface area contributed by atoms with E-state index < -0.39 is 10.0 Å². The summed E-state index contributed by atoms with van der Waals surface area (Å²) in [6, 6.07) is 13.0. The zero-order valence-electron chi connectivity index (χ0n) is 15.2. The van der Waals surface area contributed by atoms with E-state index >= 15 is 0 Å². The average Bonchev–Trinajstić information content (AvgIpc) is 2.67. The molecule has 0 aromatic heterocycles. The highest BCUT2D eigenvalue weighted by molar-refractivity contribution is 7.89. The molecule has 2 rings (SSSR count). The van der Waals surface area contributed by atoms with Crippen LogP contribution < -0.4 is 14.4 Å². The van der Waals surface area contributed by atoms with Crippen LogP contribution in [0, 0.1) is 0 Å². The van der Waals surface area contributed by atoms with E-state index in [0.29, 0.717) is 17.2 Å². The number of carbonyl (C=O) groups is 1. The van der Waals surface area contributed by atoms with Crippen molar-refractivity contribution in [3.63, 3.8) is 0 Å². The van der Waals surface area contributed by atoms with Crippen molar-refractivity contribution in [2.45, 2.75) is 4.90 Å². The van der Waals surface area contributed by atoms with Gasteiger partial charge in [0.15, 0.2) is 0 Å². The van der Waals surface area contributed by atoms with E-state index in [1.807, 2.05) is 0 Å². The van der Waals surface area contributed by atoms with Gasteiger partial charge in [0.2, 0.25) is 15.9 Å². The fourth-order valence-electron chi connectivity index (χ4n) is 2.27. The molecule has 26 heavy (non-hydrogen) atoms. The highest BCUT2D eigenvalue weighted by Crippen LogP contribution is 2.21. The summed E-state index contributed by atoms with van der Waals surface area (Å²) in [5, 5.41) is 0. The number of carbonyl (C=O) groups excluding carboxylic acids is 1.